The minimum Gasteiger partial charge on any atom is -0.398 e. The highest BCUT2D eigenvalue weighted by molar-refractivity contribution is 6.63. The molecule has 196 valence electrons. The Kier molecular flexibility index (Phi) is 5.64. The summed E-state index contributed by atoms with van der Waals surface area (Å²) in [6, 6.07) is 41.5. The fraction of sp³-hybridized carbons (Fsp3) is 0.194. The van der Waals surface area contributed by atoms with E-state index in [2.05, 4.69) is 137 Å². The van der Waals surface area contributed by atoms with Gasteiger partial charge in [0.25, 0.3) is 0 Å². The Morgan fingerprint density at radius 3 is 1.70 bits per heavy atom. The molecule has 0 spiro atoms. The van der Waals surface area contributed by atoms with Crippen LogP contribution < -0.4 is 5.59 Å². The van der Waals surface area contributed by atoms with Crippen LogP contribution in [0.5, 0.6) is 0 Å². The average Bonchev–Trinajstić information content (AvgIpc) is 3.41. The van der Waals surface area contributed by atoms with Crippen LogP contribution in [0.1, 0.15) is 49.9 Å². The van der Waals surface area contributed by atoms with Crippen LogP contribution in [0.4, 0.5) is 0 Å². The molecule has 40 heavy (non-hydrogen) atoms. The molecule has 0 radical (unpaired) electrons. The molecule has 0 atom stereocenters. The van der Waals surface area contributed by atoms with Gasteiger partial charge in [0.05, 0.1) is 22.2 Å². The number of hydrogen-bond donors (Lipinski definition) is 0. The van der Waals surface area contributed by atoms with Crippen molar-refractivity contribution in [3.63, 3.8) is 0 Å². The van der Waals surface area contributed by atoms with Crippen LogP contribution in [0, 0.1) is 0 Å². The van der Waals surface area contributed by atoms with Gasteiger partial charge in [-0.25, -0.2) is 0 Å². The maximum Gasteiger partial charge on any atom is 0.515 e. The van der Waals surface area contributed by atoms with Crippen molar-refractivity contribution in [1.29, 1.82) is 0 Å². The highest BCUT2D eigenvalue weighted by Gasteiger charge is 2.53. The third-order valence-corrected chi connectivity index (χ3v) is 9.09. The van der Waals surface area contributed by atoms with E-state index in [9.17, 15) is 0 Å². The monoisotopic (exact) mass is 521 g/mol. The zero-order valence-electron chi connectivity index (χ0n) is 23.4. The van der Waals surface area contributed by atoms with E-state index in [1.165, 1.54) is 33.4 Å². The number of nitrogens with zero attached hydrogens (tertiary/aromatic N) is 1. The van der Waals surface area contributed by atoms with Gasteiger partial charge in [-0.3, -0.25) is 4.98 Å². The Balaban J connectivity index is 1.52. The molecule has 1 aliphatic carbocycles. The van der Waals surface area contributed by atoms with E-state index in [4.69, 9.17) is 14.3 Å². The van der Waals surface area contributed by atoms with Crippen molar-refractivity contribution in [2.75, 3.05) is 0 Å². The van der Waals surface area contributed by atoms with Gasteiger partial charge in [0.15, 0.2) is 0 Å². The van der Waals surface area contributed by atoms with E-state index in [0.717, 1.165) is 16.7 Å². The highest BCUT2D eigenvalue weighted by Crippen LogP contribution is 2.58. The predicted molar refractivity (Wildman–Crippen MR) is 163 cm³/mol. The van der Waals surface area contributed by atoms with E-state index >= 15 is 0 Å². The fourth-order valence-corrected chi connectivity index (χ4v) is 6.51. The molecule has 0 N–H and O–H groups in total. The molecular formula is C36H32BNO2. The molecule has 0 bridgehead atoms. The van der Waals surface area contributed by atoms with Crippen molar-refractivity contribution < 1.29 is 9.31 Å². The van der Waals surface area contributed by atoms with E-state index in [1.807, 2.05) is 12.3 Å². The first kappa shape index (κ1) is 25.0. The van der Waals surface area contributed by atoms with Crippen LogP contribution >= 0.6 is 0 Å². The minimum absolute atomic E-state index is 0.447. The van der Waals surface area contributed by atoms with Gasteiger partial charge in [0, 0.05) is 11.8 Å². The quantitative estimate of drug-likeness (QED) is 0.227. The molecule has 1 aromatic heterocycles. The summed E-state index contributed by atoms with van der Waals surface area (Å²) in [6.45, 7) is 8.33. The van der Waals surface area contributed by atoms with Crippen molar-refractivity contribution in [1.82, 2.24) is 4.98 Å². The summed E-state index contributed by atoms with van der Waals surface area (Å²) in [5, 5.41) is 0. The molecule has 4 heteroatoms. The molecule has 0 saturated carbocycles. The van der Waals surface area contributed by atoms with Crippen LogP contribution in [-0.4, -0.2) is 23.3 Å². The summed E-state index contributed by atoms with van der Waals surface area (Å²) >= 11 is 0. The highest BCUT2D eigenvalue weighted by atomic mass is 16.7. The maximum absolute atomic E-state index is 6.50. The summed E-state index contributed by atoms with van der Waals surface area (Å²) in [7, 11) is -0.554. The first-order chi connectivity index (χ1) is 19.3. The topological polar surface area (TPSA) is 31.4 Å². The van der Waals surface area contributed by atoms with Crippen molar-refractivity contribution in [3.05, 3.63) is 144 Å². The van der Waals surface area contributed by atoms with Crippen molar-refractivity contribution in [3.8, 4) is 22.3 Å². The van der Waals surface area contributed by atoms with Crippen molar-refractivity contribution >= 4 is 12.7 Å². The largest absolute Gasteiger partial charge is 0.515 e. The second kappa shape index (κ2) is 9.02. The SMILES string of the molecule is CC1(C)OB(c2ncccc2-c2cccc3c2-c2ccccc2C3(c2ccccc2)c2ccccc2)OC1(C)C. The summed E-state index contributed by atoms with van der Waals surface area (Å²) in [5.41, 5.74) is 9.16. The molecule has 4 aromatic carbocycles. The standard InChI is InChI=1S/C36H32BNO2/c1-34(2)35(3,4)40-37(39-34)33-28(21-14-24-38-33)27-20-13-23-31-32(27)29-19-11-12-22-30(29)36(31,25-15-7-5-8-16-25)26-17-9-6-10-18-26/h5-24H,1-4H3. The second-order valence-corrected chi connectivity index (χ2v) is 11.8. The van der Waals surface area contributed by atoms with Crippen molar-refractivity contribution in [2.24, 2.45) is 0 Å². The molecule has 2 aliphatic rings. The molecule has 3 nitrogen and oxygen atoms in total. The normalized spacial score (nSPS) is 17.9. The van der Waals surface area contributed by atoms with Crippen LogP contribution in [0.25, 0.3) is 22.3 Å². The number of fused-ring (bicyclic) bond motifs is 3. The average molecular weight is 521 g/mol. The zero-order chi connectivity index (χ0) is 27.5. The van der Waals surface area contributed by atoms with E-state index < -0.39 is 23.7 Å². The van der Waals surface area contributed by atoms with Gasteiger partial charge < -0.3 is 9.31 Å². The Morgan fingerprint density at radius 2 is 1.05 bits per heavy atom. The number of rotatable bonds is 4. The van der Waals surface area contributed by atoms with Gasteiger partial charge in [-0.05, 0) is 72.7 Å². The van der Waals surface area contributed by atoms with E-state index in [1.54, 1.807) is 0 Å². The Bertz CT molecular complexity index is 1660. The fourth-order valence-electron chi connectivity index (χ4n) is 6.51. The Morgan fingerprint density at radius 1 is 0.525 bits per heavy atom. The summed E-state index contributed by atoms with van der Waals surface area (Å²) in [6.07, 6.45) is 1.83. The minimum atomic E-state index is -0.554. The van der Waals surface area contributed by atoms with Gasteiger partial charge in [-0.1, -0.05) is 109 Å². The molecule has 0 unspecified atom stereocenters. The van der Waals surface area contributed by atoms with Gasteiger partial charge in [-0.15, -0.1) is 0 Å². The van der Waals surface area contributed by atoms with E-state index in [-0.39, 0.29) is 0 Å². The van der Waals surface area contributed by atoms with Crippen molar-refractivity contribution in [2.45, 2.75) is 44.3 Å². The molecule has 5 aromatic rings. The smallest absolute Gasteiger partial charge is 0.398 e. The molecule has 2 heterocycles. The van der Waals surface area contributed by atoms with Crippen LogP contribution in [0.3, 0.4) is 0 Å². The van der Waals surface area contributed by atoms with Crippen LogP contribution in [-0.2, 0) is 14.7 Å². The Labute approximate surface area is 237 Å². The lowest BCUT2D eigenvalue weighted by molar-refractivity contribution is 0.00578. The molecular weight excluding hydrogens is 489 g/mol. The molecule has 1 aliphatic heterocycles. The van der Waals surface area contributed by atoms with Crippen LogP contribution in [0.2, 0.25) is 0 Å². The van der Waals surface area contributed by atoms with Gasteiger partial charge >= 0.3 is 7.12 Å². The third-order valence-electron chi connectivity index (χ3n) is 9.09. The van der Waals surface area contributed by atoms with E-state index in [0.29, 0.717) is 0 Å². The van der Waals surface area contributed by atoms with Gasteiger partial charge in [0.1, 0.15) is 0 Å². The first-order valence-corrected chi connectivity index (χ1v) is 14.0. The number of hydrogen-bond acceptors (Lipinski definition) is 3. The maximum atomic E-state index is 6.50. The number of pyridine rings is 1. The molecule has 0 amide bonds. The molecule has 1 fully saturated rings. The number of benzene rings is 4. The third kappa shape index (κ3) is 3.49. The lowest BCUT2D eigenvalue weighted by Crippen LogP contribution is -2.41. The zero-order valence-corrected chi connectivity index (χ0v) is 23.4. The van der Waals surface area contributed by atoms with Crippen LogP contribution in [0.15, 0.2) is 121 Å². The predicted octanol–water partition coefficient (Wildman–Crippen LogP) is 7.41. The summed E-state index contributed by atoms with van der Waals surface area (Å²) in [4.78, 5) is 4.85. The lowest BCUT2D eigenvalue weighted by Gasteiger charge is -2.34. The Hall–Kier alpha value is -3.99. The lowest BCUT2D eigenvalue weighted by atomic mass is 9.67. The first-order valence-electron chi connectivity index (χ1n) is 14.0. The second-order valence-electron chi connectivity index (χ2n) is 11.8. The molecule has 1 saturated heterocycles. The summed E-state index contributed by atoms with van der Waals surface area (Å²) < 4.78 is 13.0. The van der Waals surface area contributed by atoms with Gasteiger partial charge in [-0.2, -0.15) is 0 Å². The number of aromatic nitrogens is 1. The summed E-state index contributed by atoms with van der Waals surface area (Å²) in [5.74, 6) is 0. The molecule has 7 rings (SSSR count). The van der Waals surface area contributed by atoms with Gasteiger partial charge in [0.2, 0.25) is 0 Å².